The van der Waals surface area contributed by atoms with Gasteiger partial charge in [-0.1, -0.05) is 24.3 Å². The molecule has 1 aliphatic carbocycles. The summed E-state index contributed by atoms with van der Waals surface area (Å²) in [6, 6.07) is 11.9. The maximum atomic E-state index is 12.7. The molecule has 0 spiro atoms. The van der Waals surface area contributed by atoms with Gasteiger partial charge in [-0.2, -0.15) is 0 Å². The first-order chi connectivity index (χ1) is 11.9. The van der Waals surface area contributed by atoms with Crippen LogP contribution in [0.4, 0.5) is 8.78 Å². The summed E-state index contributed by atoms with van der Waals surface area (Å²) in [7, 11) is 1.86. The number of nitrogens with one attached hydrogen (secondary N) is 1. The Kier molecular flexibility index (Phi) is 6.22. The van der Waals surface area contributed by atoms with E-state index in [9.17, 15) is 13.6 Å². The van der Waals surface area contributed by atoms with E-state index in [0.717, 1.165) is 12.1 Å². The van der Waals surface area contributed by atoms with E-state index in [1.165, 1.54) is 36.4 Å². The third-order valence-corrected chi connectivity index (χ3v) is 4.36. The van der Waals surface area contributed by atoms with Gasteiger partial charge in [0, 0.05) is 19.1 Å². The van der Waals surface area contributed by atoms with E-state index in [0.29, 0.717) is 12.0 Å². The van der Waals surface area contributed by atoms with E-state index >= 15 is 0 Å². The minimum atomic E-state index is -0.998. The molecule has 2 aromatic carbocycles. The number of carboxylic acids is 1. The van der Waals surface area contributed by atoms with Crippen LogP contribution in [0.3, 0.4) is 0 Å². The number of halogens is 2. The average molecular weight is 349 g/mol. The van der Waals surface area contributed by atoms with E-state index in [1.807, 2.05) is 7.05 Å². The molecule has 2 atom stereocenters. The standard InChI is InChI=1S/C11H11FO3.C8H10FN/c12-9-3-1-7(2-4-9)11(10(14)15)5-8(11)6-13;1-10-6-7-2-4-8(9)5-3-7/h1-4,8,13H,5-6H2,(H,14,15);2-5,10H,6H2,1H3/t8-,11+;/m0./s1. The number of hydrogen-bond donors (Lipinski definition) is 3. The third kappa shape index (κ3) is 4.41. The van der Waals surface area contributed by atoms with E-state index < -0.39 is 11.4 Å². The molecule has 3 rings (SSSR count). The summed E-state index contributed by atoms with van der Waals surface area (Å²) in [5.41, 5.74) is 0.668. The maximum Gasteiger partial charge on any atom is 0.314 e. The normalized spacial score (nSPS) is 21.2. The van der Waals surface area contributed by atoms with Crippen molar-refractivity contribution in [3.63, 3.8) is 0 Å². The lowest BCUT2D eigenvalue weighted by Crippen LogP contribution is -2.23. The fourth-order valence-corrected chi connectivity index (χ4v) is 2.84. The van der Waals surface area contributed by atoms with Gasteiger partial charge in [-0.05, 0) is 48.9 Å². The molecule has 25 heavy (non-hydrogen) atoms. The molecule has 134 valence electrons. The minimum Gasteiger partial charge on any atom is -0.481 e. The molecule has 0 aromatic heterocycles. The molecule has 4 nitrogen and oxygen atoms in total. The number of aliphatic hydroxyl groups is 1. The van der Waals surface area contributed by atoms with Crippen molar-refractivity contribution in [2.75, 3.05) is 13.7 Å². The Morgan fingerprint density at radius 3 is 2.04 bits per heavy atom. The fourth-order valence-electron chi connectivity index (χ4n) is 2.84. The lowest BCUT2D eigenvalue weighted by molar-refractivity contribution is -0.140. The van der Waals surface area contributed by atoms with Gasteiger partial charge in [-0.3, -0.25) is 4.79 Å². The Hall–Kier alpha value is -2.31. The van der Waals surface area contributed by atoms with Crippen LogP contribution in [0.15, 0.2) is 48.5 Å². The molecule has 1 fully saturated rings. The molecule has 6 heteroatoms. The highest BCUT2D eigenvalue weighted by atomic mass is 19.1. The van der Waals surface area contributed by atoms with Crippen LogP contribution in [-0.2, 0) is 16.8 Å². The van der Waals surface area contributed by atoms with Crippen LogP contribution in [0.1, 0.15) is 17.5 Å². The first kappa shape index (κ1) is 19.0. The Labute approximate surface area is 145 Å². The van der Waals surface area contributed by atoms with Crippen molar-refractivity contribution in [2.45, 2.75) is 18.4 Å². The number of aliphatic hydroxyl groups excluding tert-OH is 1. The topological polar surface area (TPSA) is 69.6 Å². The average Bonchev–Trinajstić information content (AvgIpc) is 3.34. The SMILES string of the molecule is CNCc1ccc(F)cc1.O=C(O)[C@@]1(c2ccc(F)cc2)C[C@H]1CO. The van der Waals surface area contributed by atoms with Crippen molar-refractivity contribution in [3.8, 4) is 0 Å². The molecule has 0 radical (unpaired) electrons. The predicted octanol–water partition coefficient (Wildman–Crippen LogP) is 2.71. The first-order valence-electron chi connectivity index (χ1n) is 7.93. The van der Waals surface area contributed by atoms with Gasteiger partial charge < -0.3 is 15.5 Å². The molecular formula is C19H21F2NO3. The lowest BCUT2D eigenvalue weighted by Gasteiger charge is -2.11. The van der Waals surface area contributed by atoms with Crippen molar-refractivity contribution in [1.29, 1.82) is 0 Å². The molecule has 1 saturated carbocycles. The van der Waals surface area contributed by atoms with Gasteiger partial charge in [-0.15, -0.1) is 0 Å². The third-order valence-electron chi connectivity index (χ3n) is 4.36. The number of carboxylic acid groups (broad SMARTS) is 1. The van der Waals surface area contributed by atoms with Gasteiger partial charge in [-0.25, -0.2) is 8.78 Å². The minimum absolute atomic E-state index is 0.149. The second-order valence-electron chi connectivity index (χ2n) is 6.02. The molecule has 0 heterocycles. The summed E-state index contributed by atoms with van der Waals surface area (Å²) in [6.45, 7) is 0.643. The van der Waals surface area contributed by atoms with Gasteiger partial charge in [0.25, 0.3) is 0 Å². The molecule has 0 saturated heterocycles. The van der Waals surface area contributed by atoms with Gasteiger partial charge in [0.1, 0.15) is 11.6 Å². The summed E-state index contributed by atoms with van der Waals surface area (Å²) in [5.74, 6) is -1.77. The summed E-state index contributed by atoms with van der Waals surface area (Å²) in [6.07, 6.45) is 0.421. The second kappa shape index (κ2) is 8.18. The van der Waals surface area contributed by atoms with E-state index in [1.54, 1.807) is 12.1 Å². The van der Waals surface area contributed by atoms with E-state index in [2.05, 4.69) is 5.32 Å². The monoisotopic (exact) mass is 349 g/mol. The van der Waals surface area contributed by atoms with Crippen LogP contribution in [0.5, 0.6) is 0 Å². The molecule has 0 aliphatic heterocycles. The summed E-state index contributed by atoms with van der Waals surface area (Å²) < 4.78 is 25.0. The Morgan fingerprint density at radius 2 is 1.64 bits per heavy atom. The number of benzene rings is 2. The molecule has 0 unspecified atom stereocenters. The van der Waals surface area contributed by atoms with Crippen LogP contribution in [0, 0.1) is 17.6 Å². The van der Waals surface area contributed by atoms with E-state index in [-0.39, 0.29) is 24.2 Å². The maximum absolute atomic E-state index is 12.7. The van der Waals surface area contributed by atoms with Crippen LogP contribution in [0.25, 0.3) is 0 Å². The quantitative estimate of drug-likeness (QED) is 0.776. The number of carbonyl (C=O) groups is 1. The van der Waals surface area contributed by atoms with Crippen LogP contribution in [-0.4, -0.2) is 29.8 Å². The summed E-state index contributed by atoms with van der Waals surface area (Å²) >= 11 is 0. The zero-order chi connectivity index (χ0) is 18.4. The zero-order valence-corrected chi connectivity index (χ0v) is 13.9. The van der Waals surface area contributed by atoms with Crippen molar-refractivity contribution >= 4 is 5.97 Å². The van der Waals surface area contributed by atoms with Crippen molar-refractivity contribution in [1.82, 2.24) is 5.32 Å². The van der Waals surface area contributed by atoms with Crippen LogP contribution < -0.4 is 5.32 Å². The van der Waals surface area contributed by atoms with Crippen LogP contribution in [0.2, 0.25) is 0 Å². The molecule has 2 aromatic rings. The number of rotatable bonds is 5. The predicted molar refractivity (Wildman–Crippen MR) is 90.1 cm³/mol. The highest BCUT2D eigenvalue weighted by Crippen LogP contribution is 2.54. The lowest BCUT2D eigenvalue weighted by atomic mass is 9.93. The smallest absolute Gasteiger partial charge is 0.314 e. The highest BCUT2D eigenvalue weighted by Gasteiger charge is 2.61. The first-order valence-corrected chi connectivity index (χ1v) is 7.93. The van der Waals surface area contributed by atoms with Crippen LogP contribution >= 0.6 is 0 Å². The Balaban J connectivity index is 0.000000196. The summed E-state index contributed by atoms with van der Waals surface area (Å²) in [5, 5.41) is 21.1. The molecular weight excluding hydrogens is 328 g/mol. The van der Waals surface area contributed by atoms with Gasteiger partial charge in [0.05, 0.1) is 5.41 Å². The van der Waals surface area contributed by atoms with Crippen molar-refractivity contribution < 1.29 is 23.8 Å². The molecule has 0 bridgehead atoms. The fraction of sp³-hybridized carbons (Fsp3) is 0.316. The molecule has 0 amide bonds. The number of hydrogen-bond acceptors (Lipinski definition) is 3. The number of aliphatic carboxylic acids is 1. The summed E-state index contributed by atoms with van der Waals surface area (Å²) in [4.78, 5) is 11.1. The Morgan fingerprint density at radius 1 is 1.12 bits per heavy atom. The van der Waals surface area contributed by atoms with Gasteiger partial charge in [0.2, 0.25) is 0 Å². The van der Waals surface area contributed by atoms with Gasteiger partial charge >= 0.3 is 5.97 Å². The van der Waals surface area contributed by atoms with Crippen molar-refractivity contribution in [3.05, 3.63) is 71.3 Å². The highest BCUT2D eigenvalue weighted by molar-refractivity contribution is 5.85. The second-order valence-corrected chi connectivity index (χ2v) is 6.02. The molecule has 3 N–H and O–H groups in total. The Bertz CT molecular complexity index is 704. The largest absolute Gasteiger partial charge is 0.481 e. The van der Waals surface area contributed by atoms with E-state index in [4.69, 9.17) is 10.2 Å². The van der Waals surface area contributed by atoms with Crippen molar-refractivity contribution in [2.24, 2.45) is 5.92 Å². The molecule has 1 aliphatic rings. The van der Waals surface area contributed by atoms with Gasteiger partial charge in [0.15, 0.2) is 0 Å². The zero-order valence-electron chi connectivity index (χ0n) is 13.9.